The molecule has 0 aromatic rings. The van der Waals surface area contributed by atoms with Gasteiger partial charge in [0.2, 0.25) is 0 Å². The lowest BCUT2D eigenvalue weighted by Crippen LogP contribution is -2.30. The summed E-state index contributed by atoms with van der Waals surface area (Å²) in [7, 11) is -9.98. The average molecular weight is 1500 g/mol. The summed E-state index contributed by atoms with van der Waals surface area (Å²) >= 11 is 0. The maximum atomic E-state index is 13.1. The van der Waals surface area contributed by atoms with E-state index in [4.69, 9.17) is 37.0 Å². The van der Waals surface area contributed by atoms with E-state index in [2.05, 4.69) is 119 Å². The Balaban J connectivity index is 5.43. The number of aliphatic hydroxyl groups excluding tert-OH is 1. The number of carbonyl (C=O) groups is 4. The summed E-state index contributed by atoms with van der Waals surface area (Å²) in [5, 5.41) is 10.6. The van der Waals surface area contributed by atoms with Crippen LogP contribution in [0.5, 0.6) is 0 Å². The molecule has 0 saturated carbocycles. The lowest BCUT2D eigenvalue weighted by molar-refractivity contribution is -0.161. The first-order chi connectivity index (χ1) is 50.7. The van der Waals surface area contributed by atoms with Crippen molar-refractivity contribution in [3.63, 3.8) is 0 Å². The Morgan fingerprint density at radius 1 is 0.279 bits per heavy atom. The molecule has 3 N–H and O–H groups in total. The number of allylic oxidation sites excluding steroid dienone is 18. The minimum Gasteiger partial charge on any atom is -0.462 e. The van der Waals surface area contributed by atoms with Crippen molar-refractivity contribution in [1.29, 1.82) is 0 Å². The molecule has 0 bridgehead atoms. The van der Waals surface area contributed by atoms with Crippen LogP contribution in [0.2, 0.25) is 0 Å². The summed E-state index contributed by atoms with van der Waals surface area (Å²) in [5.41, 5.74) is 0. The quantitative estimate of drug-likeness (QED) is 0.0169. The molecule has 19 heteroatoms. The average Bonchev–Trinajstić information content (AvgIpc) is 0.943. The van der Waals surface area contributed by atoms with Gasteiger partial charge in [-0.25, -0.2) is 9.13 Å². The molecule has 0 aliphatic rings. The van der Waals surface area contributed by atoms with E-state index in [1.165, 1.54) is 96.3 Å². The molecule has 0 aromatic heterocycles. The van der Waals surface area contributed by atoms with E-state index in [1.807, 2.05) is 18.2 Å². The van der Waals surface area contributed by atoms with Crippen LogP contribution < -0.4 is 0 Å². The van der Waals surface area contributed by atoms with Crippen molar-refractivity contribution in [1.82, 2.24) is 0 Å². The highest BCUT2D eigenvalue weighted by Gasteiger charge is 2.30. The lowest BCUT2D eigenvalue weighted by Gasteiger charge is -2.21. The van der Waals surface area contributed by atoms with Crippen LogP contribution in [-0.4, -0.2) is 96.7 Å². The van der Waals surface area contributed by atoms with Crippen LogP contribution >= 0.6 is 15.6 Å². The van der Waals surface area contributed by atoms with Gasteiger partial charge in [-0.05, 0) is 141 Å². The minimum atomic E-state index is -5.00. The van der Waals surface area contributed by atoms with Crippen LogP contribution in [0.25, 0.3) is 0 Å². The Morgan fingerprint density at radius 2 is 0.519 bits per heavy atom. The molecule has 0 fully saturated rings. The van der Waals surface area contributed by atoms with Crippen molar-refractivity contribution < 1.29 is 80.2 Å². The molecule has 0 radical (unpaired) electrons. The zero-order valence-corrected chi connectivity index (χ0v) is 67.5. The highest BCUT2D eigenvalue weighted by atomic mass is 31.2. The third-order valence-corrected chi connectivity index (χ3v) is 19.1. The van der Waals surface area contributed by atoms with Gasteiger partial charge < -0.3 is 33.8 Å². The summed E-state index contributed by atoms with van der Waals surface area (Å²) < 4.78 is 68.6. The molecule has 0 aliphatic heterocycles. The maximum absolute atomic E-state index is 13.1. The third kappa shape index (κ3) is 75.9. The Hall–Kier alpha value is -4.28. The standard InChI is InChI=1S/C85H148O17P2/c1-5-9-13-17-21-25-29-33-37-38-39-40-44-48-52-56-60-64-68-72-85(90)102-81(76-96-83(88)70-66-62-58-54-50-46-42-35-31-27-23-19-15-11-7-3)78-100-104(93,94)98-74-79(86)73-97-103(91,92)99-77-80(101-84(89)71-67-63-59-55-51-47-43-36-32-28-24-20-16-12-8-4)75-95-82(87)69-65-61-57-53-49-45-41-34-30-26-22-18-14-10-6-2/h9,13,21,25-28,30-33,37,39-40,48,52,60,64,79-81,86H,5-8,10-12,14-20,22-24,29,34-36,38,41-47,49-51,53-59,61-63,65-78H2,1-4H3,(H,91,92)(H,93,94)/b13-9-,25-21-,30-26-,31-27-,32-28-,37-33-,40-39-,52-48-,64-60-/t79-,80+,81+/m0/s1. The number of rotatable bonds is 77. The smallest absolute Gasteiger partial charge is 0.462 e. The second-order valence-electron chi connectivity index (χ2n) is 27.3. The number of phosphoric acid groups is 2. The largest absolute Gasteiger partial charge is 0.472 e. The Kier molecular flexibility index (Phi) is 73.7. The molecular formula is C85H148O17P2. The minimum absolute atomic E-state index is 0.0313. The predicted molar refractivity (Wildman–Crippen MR) is 427 cm³/mol. The third-order valence-electron chi connectivity index (χ3n) is 17.2. The first-order valence-electron chi connectivity index (χ1n) is 41.1. The van der Waals surface area contributed by atoms with Crippen molar-refractivity contribution in [2.24, 2.45) is 0 Å². The van der Waals surface area contributed by atoms with Crippen LogP contribution in [0.4, 0.5) is 0 Å². The van der Waals surface area contributed by atoms with Gasteiger partial charge in [-0.15, -0.1) is 0 Å². The molecule has 0 aromatic carbocycles. The van der Waals surface area contributed by atoms with E-state index in [-0.39, 0.29) is 25.7 Å². The molecule has 5 atom stereocenters. The molecule has 0 amide bonds. The number of hydrogen-bond donors (Lipinski definition) is 3. The van der Waals surface area contributed by atoms with Crippen molar-refractivity contribution in [3.05, 3.63) is 109 Å². The number of ether oxygens (including phenoxy) is 4. The number of esters is 4. The van der Waals surface area contributed by atoms with Crippen molar-refractivity contribution >= 4 is 39.5 Å². The number of unbranched alkanes of at least 4 members (excludes halogenated alkanes) is 33. The molecule has 0 aliphatic carbocycles. The molecular weight excluding hydrogens is 1350 g/mol. The molecule has 0 heterocycles. The summed E-state index contributed by atoms with van der Waals surface area (Å²) in [5.74, 6) is -2.27. The van der Waals surface area contributed by atoms with Crippen LogP contribution in [0, 0.1) is 0 Å². The Morgan fingerprint density at radius 3 is 0.827 bits per heavy atom. The Labute approximate surface area is 632 Å². The van der Waals surface area contributed by atoms with Gasteiger partial charge in [0.05, 0.1) is 26.4 Å². The summed E-state index contributed by atoms with van der Waals surface area (Å²) in [4.78, 5) is 73.1. The topological polar surface area (TPSA) is 237 Å². The second-order valence-corrected chi connectivity index (χ2v) is 30.2. The van der Waals surface area contributed by atoms with Crippen LogP contribution in [0.1, 0.15) is 349 Å². The fraction of sp³-hybridized carbons (Fsp3) is 0.741. The van der Waals surface area contributed by atoms with E-state index >= 15 is 0 Å². The monoisotopic (exact) mass is 1500 g/mol. The molecule has 0 spiro atoms. The van der Waals surface area contributed by atoms with Gasteiger partial charge in [-0.3, -0.25) is 37.3 Å². The number of aliphatic hydroxyl groups is 1. The van der Waals surface area contributed by atoms with Crippen molar-refractivity contribution in [3.8, 4) is 0 Å². The zero-order chi connectivity index (χ0) is 76.0. The highest BCUT2D eigenvalue weighted by Crippen LogP contribution is 2.45. The van der Waals surface area contributed by atoms with Gasteiger partial charge in [0, 0.05) is 25.7 Å². The fourth-order valence-electron chi connectivity index (χ4n) is 10.9. The number of carbonyl (C=O) groups excluding carboxylic acids is 4. The molecule has 104 heavy (non-hydrogen) atoms. The zero-order valence-electron chi connectivity index (χ0n) is 65.7. The van der Waals surface area contributed by atoms with E-state index in [9.17, 15) is 43.2 Å². The van der Waals surface area contributed by atoms with Gasteiger partial charge in [0.1, 0.15) is 19.3 Å². The van der Waals surface area contributed by atoms with Crippen molar-refractivity contribution in [2.45, 2.75) is 367 Å². The fourth-order valence-corrected chi connectivity index (χ4v) is 12.5. The molecule has 0 rings (SSSR count). The van der Waals surface area contributed by atoms with E-state index in [0.29, 0.717) is 32.1 Å². The first-order valence-corrected chi connectivity index (χ1v) is 44.1. The van der Waals surface area contributed by atoms with E-state index in [0.717, 1.165) is 167 Å². The van der Waals surface area contributed by atoms with Crippen molar-refractivity contribution in [2.75, 3.05) is 39.6 Å². The summed E-state index contributed by atoms with van der Waals surface area (Å²) in [6.45, 7) is 4.67. The molecule has 600 valence electrons. The Bertz CT molecular complexity index is 2390. The second kappa shape index (κ2) is 76.9. The highest BCUT2D eigenvalue weighted by molar-refractivity contribution is 7.47. The van der Waals surface area contributed by atoms with Gasteiger partial charge in [0.15, 0.2) is 12.2 Å². The van der Waals surface area contributed by atoms with Gasteiger partial charge >= 0.3 is 39.5 Å². The van der Waals surface area contributed by atoms with Gasteiger partial charge in [-0.2, -0.15) is 0 Å². The molecule has 0 saturated heterocycles. The number of hydrogen-bond acceptors (Lipinski definition) is 15. The first kappa shape index (κ1) is 99.7. The van der Waals surface area contributed by atoms with Crippen LogP contribution in [0.15, 0.2) is 109 Å². The lowest BCUT2D eigenvalue weighted by atomic mass is 10.1. The van der Waals surface area contributed by atoms with Crippen LogP contribution in [0.3, 0.4) is 0 Å². The molecule has 17 nitrogen and oxygen atoms in total. The number of phosphoric ester groups is 2. The normalized spacial score (nSPS) is 14.4. The van der Waals surface area contributed by atoms with Gasteiger partial charge in [-0.1, -0.05) is 291 Å². The predicted octanol–water partition coefficient (Wildman–Crippen LogP) is 24.1. The molecule has 2 unspecified atom stereocenters. The summed E-state index contributed by atoms with van der Waals surface area (Å²) in [6.07, 6.45) is 83.6. The SMILES string of the molecule is CC/C=C\C/C=C\C/C=C\C/C=C\C/C=C\C/C=C\CCC(=O)O[C@H](COC(=O)CCCCCCCCC/C=C\CCCCCC)COP(=O)(O)OC[C@@H](O)COP(=O)(O)OC[C@@H](COC(=O)CCCCCCCCC/C=C\CCCCCC)OC(=O)CCCCCCCCC/C=C\CCCCCC. The van der Waals surface area contributed by atoms with E-state index < -0.39 is 97.5 Å². The summed E-state index contributed by atoms with van der Waals surface area (Å²) in [6, 6.07) is 0. The van der Waals surface area contributed by atoms with Crippen LogP contribution in [-0.2, 0) is 65.4 Å². The van der Waals surface area contributed by atoms with E-state index in [1.54, 1.807) is 0 Å². The van der Waals surface area contributed by atoms with Gasteiger partial charge in [0.25, 0.3) is 0 Å². The maximum Gasteiger partial charge on any atom is 0.472 e.